The molecule has 0 fully saturated rings. The molecule has 88 valence electrons. The summed E-state index contributed by atoms with van der Waals surface area (Å²) in [5, 5.41) is 0.189. The molecule has 0 saturated carbocycles. The number of nitrogens with zero attached hydrogens (tertiary/aromatic N) is 2. The second-order valence-corrected chi connectivity index (χ2v) is 4.52. The maximum atomic E-state index is 11.5. The summed E-state index contributed by atoms with van der Waals surface area (Å²) in [6.07, 6.45) is 1.58. The summed E-state index contributed by atoms with van der Waals surface area (Å²) in [6.45, 7) is 2.14. The summed E-state index contributed by atoms with van der Waals surface area (Å²) >= 11 is 7.02. The first-order valence-corrected chi connectivity index (χ1v) is 6.16. The van der Waals surface area contributed by atoms with Crippen molar-refractivity contribution in [2.75, 3.05) is 6.61 Å². The van der Waals surface area contributed by atoms with E-state index in [1.165, 1.54) is 11.3 Å². The van der Waals surface area contributed by atoms with Crippen LogP contribution in [-0.4, -0.2) is 22.5 Å². The number of ether oxygens (including phenoxy) is 1. The lowest BCUT2D eigenvalue weighted by Crippen LogP contribution is -2.01. The fraction of sp³-hybridized carbons (Fsp3) is 0.182. The molecule has 0 spiro atoms. The molecule has 0 aliphatic carbocycles. The molecular weight excluding hydrogens is 260 g/mol. The van der Waals surface area contributed by atoms with E-state index in [-0.39, 0.29) is 11.3 Å². The van der Waals surface area contributed by atoms with Crippen molar-refractivity contribution in [1.82, 2.24) is 9.97 Å². The zero-order valence-corrected chi connectivity index (χ0v) is 10.6. The van der Waals surface area contributed by atoms with Gasteiger partial charge in [0.1, 0.15) is 4.88 Å². The average Bonchev–Trinajstić information content (AvgIpc) is 2.78. The first kappa shape index (κ1) is 12.0. The van der Waals surface area contributed by atoms with Gasteiger partial charge in [0.2, 0.25) is 5.28 Å². The lowest BCUT2D eigenvalue weighted by Gasteiger charge is -1.97. The lowest BCUT2D eigenvalue weighted by atomic mass is 10.3. The van der Waals surface area contributed by atoms with Crippen LogP contribution in [0.5, 0.6) is 0 Å². The minimum atomic E-state index is -0.316. The standard InChI is InChI=1S/C11H9ClN2O2S/c1-2-16-10(15)9-4-3-8(17-9)7-5-6-13-11(12)14-7/h3-6H,2H2,1H3. The molecule has 2 rings (SSSR count). The Hall–Kier alpha value is -1.46. The highest BCUT2D eigenvalue weighted by Crippen LogP contribution is 2.27. The molecule has 2 heterocycles. The Morgan fingerprint density at radius 2 is 2.29 bits per heavy atom. The number of hydrogen-bond acceptors (Lipinski definition) is 5. The highest BCUT2D eigenvalue weighted by Gasteiger charge is 2.11. The molecule has 0 aromatic carbocycles. The second kappa shape index (κ2) is 5.25. The van der Waals surface area contributed by atoms with Crippen LogP contribution in [0, 0.1) is 0 Å². The van der Waals surface area contributed by atoms with Gasteiger partial charge in [0.05, 0.1) is 17.2 Å². The lowest BCUT2D eigenvalue weighted by molar-refractivity contribution is 0.0532. The van der Waals surface area contributed by atoms with Gasteiger partial charge in [0.25, 0.3) is 0 Å². The second-order valence-electron chi connectivity index (χ2n) is 3.10. The first-order valence-electron chi connectivity index (χ1n) is 4.96. The van der Waals surface area contributed by atoms with Crippen LogP contribution in [-0.2, 0) is 4.74 Å². The third-order valence-corrected chi connectivity index (χ3v) is 3.23. The molecule has 17 heavy (non-hydrogen) atoms. The van der Waals surface area contributed by atoms with Gasteiger partial charge in [-0.1, -0.05) is 0 Å². The monoisotopic (exact) mass is 268 g/mol. The van der Waals surface area contributed by atoms with E-state index in [1.54, 1.807) is 25.3 Å². The van der Waals surface area contributed by atoms with E-state index < -0.39 is 0 Å². The van der Waals surface area contributed by atoms with Gasteiger partial charge < -0.3 is 4.74 Å². The molecule has 0 aliphatic rings. The minimum Gasteiger partial charge on any atom is -0.462 e. The Morgan fingerprint density at radius 1 is 1.47 bits per heavy atom. The van der Waals surface area contributed by atoms with Crippen molar-refractivity contribution in [2.24, 2.45) is 0 Å². The Kier molecular flexibility index (Phi) is 3.71. The van der Waals surface area contributed by atoms with Crippen LogP contribution < -0.4 is 0 Å². The van der Waals surface area contributed by atoms with Gasteiger partial charge in [-0.25, -0.2) is 14.8 Å². The predicted molar refractivity (Wildman–Crippen MR) is 66.3 cm³/mol. The maximum Gasteiger partial charge on any atom is 0.348 e. The van der Waals surface area contributed by atoms with E-state index in [0.29, 0.717) is 17.2 Å². The zero-order chi connectivity index (χ0) is 12.3. The normalized spacial score (nSPS) is 10.2. The fourth-order valence-electron chi connectivity index (χ4n) is 1.26. The summed E-state index contributed by atoms with van der Waals surface area (Å²) < 4.78 is 4.91. The molecule has 4 nitrogen and oxygen atoms in total. The largest absolute Gasteiger partial charge is 0.462 e. The van der Waals surface area contributed by atoms with Crippen molar-refractivity contribution < 1.29 is 9.53 Å². The van der Waals surface area contributed by atoms with Crippen LogP contribution in [0.15, 0.2) is 24.4 Å². The topological polar surface area (TPSA) is 52.1 Å². The molecule has 0 atom stereocenters. The Labute approximate surface area is 107 Å². The van der Waals surface area contributed by atoms with Crippen molar-refractivity contribution in [3.05, 3.63) is 34.6 Å². The highest BCUT2D eigenvalue weighted by atomic mass is 35.5. The number of aromatic nitrogens is 2. The van der Waals surface area contributed by atoms with E-state index >= 15 is 0 Å². The molecule has 0 saturated heterocycles. The van der Waals surface area contributed by atoms with Crippen molar-refractivity contribution in [3.63, 3.8) is 0 Å². The number of thiophene rings is 1. The summed E-state index contributed by atoms with van der Waals surface area (Å²) in [5.41, 5.74) is 0.700. The zero-order valence-electron chi connectivity index (χ0n) is 9.01. The SMILES string of the molecule is CCOC(=O)c1ccc(-c2ccnc(Cl)n2)s1. The van der Waals surface area contributed by atoms with E-state index in [1.807, 2.05) is 6.07 Å². The Balaban J connectivity index is 2.27. The number of esters is 1. The molecule has 0 N–H and O–H groups in total. The van der Waals surface area contributed by atoms with E-state index in [9.17, 15) is 4.79 Å². The summed E-state index contributed by atoms with van der Waals surface area (Å²) in [5.74, 6) is -0.316. The molecule has 0 bridgehead atoms. The average molecular weight is 269 g/mol. The van der Waals surface area contributed by atoms with Gasteiger partial charge >= 0.3 is 5.97 Å². The number of hydrogen-bond donors (Lipinski definition) is 0. The minimum absolute atomic E-state index is 0.189. The Bertz CT molecular complexity index is 542. The molecule has 0 unspecified atom stereocenters. The van der Waals surface area contributed by atoms with Crippen LogP contribution in [0.25, 0.3) is 10.6 Å². The summed E-state index contributed by atoms with van der Waals surface area (Å²) in [6, 6.07) is 5.27. The smallest absolute Gasteiger partial charge is 0.348 e. The molecular formula is C11H9ClN2O2S. The number of carbonyl (C=O) groups is 1. The maximum absolute atomic E-state index is 11.5. The molecule has 2 aromatic heterocycles. The summed E-state index contributed by atoms with van der Waals surface area (Å²) in [7, 11) is 0. The quantitative estimate of drug-likeness (QED) is 0.634. The van der Waals surface area contributed by atoms with E-state index in [2.05, 4.69) is 9.97 Å². The van der Waals surface area contributed by atoms with Crippen molar-refractivity contribution in [2.45, 2.75) is 6.92 Å². The van der Waals surface area contributed by atoms with Crippen molar-refractivity contribution in [1.29, 1.82) is 0 Å². The van der Waals surface area contributed by atoms with Crippen LogP contribution in [0.1, 0.15) is 16.6 Å². The van der Waals surface area contributed by atoms with Crippen LogP contribution >= 0.6 is 22.9 Å². The fourth-order valence-corrected chi connectivity index (χ4v) is 2.28. The molecule has 0 aliphatic heterocycles. The van der Waals surface area contributed by atoms with Gasteiger partial charge in [-0.05, 0) is 36.7 Å². The Morgan fingerprint density at radius 3 is 3.00 bits per heavy atom. The number of carbonyl (C=O) groups excluding carboxylic acids is 1. The van der Waals surface area contributed by atoms with Crippen molar-refractivity contribution >= 4 is 28.9 Å². The third-order valence-electron chi connectivity index (χ3n) is 1.96. The molecule has 0 radical (unpaired) electrons. The van der Waals surface area contributed by atoms with Gasteiger partial charge in [0, 0.05) is 6.20 Å². The predicted octanol–water partition coefficient (Wildman–Crippen LogP) is 3.04. The van der Waals surface area contributed by atoms with Crippen LogP contribution in [0.4, 0.5) is 0 Å². The van der Waals surface area contributed by atoms with E-state index in [0.717, 1.165) is 4.88 Å². The molecule has 6 heteroatoms. The van der Waals surface area contributed by atoms with Gasteiger partial charge in [-0.2, -0.15) is 0 Å². The third kappa shape index (κ3) is 2.81. The van der Waals surface area contributed by atoms with Crippen LogP contribution in [0.2, 0.25) is 5.28 Å². The highest BCUT2D eigenvalue weighted by molar-refractivity contribution is 7.17. The number of rotatable bonds is 3. The van der Waals surface area contributed by atoms with Gasteiger partial charge in [-0.15, -0.1) is 11.3 Å². The van der Waals surface area contributed by atoms with E-state index in [4.69, 9.17) is 16.3 Å². The van der Waals surface area contributed by atoms with Crippen LogP contribution in [0.3, 0.4) is 0 Å². The molecule has 2 aromatic rings. The number of halogens is 1. The van der Waals surface area contributed by atoms with Gasteiger partial charge in [-0.3, -0.25) is 0 Å². The van der Waals surface area contributed by atoms with Crippen molar-refractivity contribution in [3.8, 4) is 10.6 Å². The summed E-state index contributed by atoms with van der Waals surface area (Å²) in [4.78, 5) is 20.8. The molecule has 0 amide bonds. The first-order chi connectivity index (χ1) is 8.20. The van der Waals surface area contributed by atoms with Gasteiger partial charge in [0.15, 0.2) is 0 Å².